The molecule has 1 N–H and O–H groups in total. The van der Waals surface area contributed by atoms with Gasteiger partial charge in [-0.3, -0.25) is 4.79 Å². The molecule has 3 aromatic rings. The van der Waals surface area contributed by atoms with Crippen molar-refractivity contribution in [1.29, 1.82) is 0 Å². The monoisotopic (exact) mass is 372 g/mol. The average Bonchev–Trinajstić information content (AvgIpc) is 2.95. The van der Waals surface area contributed by atoms with Gasteiger partial charge in [-0.2, -0.15) is 0 Å². The van der Waals surface area contributed by atoms with E-state index in [0.29, 0.717) is 12.2 Å². The van der Waals surface area contributed by atoms with E-state index in [1.165, 1.54) is 11.8 Å². The predicted octanol–water partition coefficient (Wildman–Crippen LogP) is 4.39. The maximum absolute atomic E-state index is 12.5. The smallest absolute Gasteiger partial charge is 0.237 e. The van der Waals surface area contributed by atoms with Crippen molar-refractivity contribution < 1.29 is 4.79 Å². The van der Waals surface area contributed by atoms with Crippen molar-refractivity contribution in [3.8, 4) is 0 Å². The zero-order chi connectivity index (χ0) is 17.8. The summed E-state index contributed by atoms with van der Waals surface area (Å²) in [6.07, 6.45) is 3.39. The number of rotatable bonds is 6. The molecule has 1 aromatic carbocycles. The third-order valence-corrected chi connectivity index (χ3v) is 4.99. The van der Waals surface area contributed by atoms with Gasteiger partial charge in [0.15, 0.2) is 10.3 Å². The molecular formula is C18H17ClN4OS. The van der Waals surface area contributed by atoms with Gasteiger partial charge in [-0.1, -0.05) is 41.6 Å². The van der Waals surface area contributed by atoms with Gasteiger partial charge < -0.3 is 9.88 Å². The second kappa shape index (κ2) is 7.72. The molecule has 0 aliphatic heterocycles. The number of nitrogens with one attached hydrogen (secondary N) is 1. The first-order valence-corrected chi connectivity index (χ1v) is 9.00. The molecule has 0 spiro atoms. The maximum Gasteiger partial charge on any atom is 0.237 e. The lowest BCUT2D eigenvalue weighted by molar-refractivity contribution is -0.115. The number of carbonyl (C=O) groups is 1. The standard InChI is InChI=1S/C18H17ClN4OS/c1-3-11-23-15-9-5-4-7-13(15)22-18(23)25-12(2)17(24)21-14-8-6-10-20-16(14)19/h3-10,12H,1,11H2,2H3,(H,21,24). The van der Waals surface area contributed by atoms with Crippen molar-refractivity contribution in [2.75, 3.05) is 5.32 Å². The van der Waals surface area contributed by atoms with E-state index >= 15 is 0 Å². The van der Waals surface area contributed by atoms with Crippen LogP contribution in [0.4, 0.5) is 5.69 Å². The number of allylic oxidation sites excluding steroid dienone is 1. The molecule has 1 unspecified atom stereocenters. The van der Waals surface area contributed by atoms with Gasteiger partial charge >= 0.3 is 0 Å². The summed E-state index contributed by atoms with van der Waals surface area (Å²) in [6.45, 7) is 6.27. The lowest BCUT2D eigenvalue weighted by Crippen LogP contribution is -2.23. The van der Waals surface area contributed by atoms with E-state index < -0.39 is 0 Å². The topological polar surface area (TPSA) is 59.8 Å². The van der Waals surface area contributed by atoms with Crippen LogP contribution in [0.15, 0.2) is 60.4 Å². The van der Waals surface area contributed by atoms with Crippen LogP contribution in [0.25, 0.3) is 11.0 Å². The summed E-state index contributed by atoms with van der Waals surface area (Å²) >= 11 is 7.39. The molecule has 0 aliphatic rings. The summed E-state index contributed by atoms with van der Waals surface area (Å²) < 4.78 is 2.05. The second-order valence-electron chi connectivity index (χ2n) is 5.37. The number of hydrogen-bond donors (Lipinski definition) is 1. The Bertz CT molecular complexity index is 924. The van der Waals surface area contributed by atoms with Crippen LogP contribution >= 0.6 is 23.4 Å². The number of imidazole rings is 1. The maximum atomic E-state index is 12.5. The number of nitrogens with zero attached hydrogens (tertiary/aromatic N) is 3. The molecule has 0 fully saturated rings. The number of fused-ring (bicyclic) bond motifs is 1. The molecule has 0 saturated heterocycles. The van der Waals surface area contributed by atoms with E-state index in [0.717, 1.165) is 16.2 Å². The highest BCUT2D eigenvalue weighted by molar-refractivity contribution is 8.00. The lowest BCUT2D eigenvalue weighted by Gasteiger charge is -2.13. The fraction of sp³-hybridized carbons (Fsp3) is 0.167. The number of thioether (sulfide) groups is 1. The number of halogens is 1. The first-order valence-electron chi connectivity index (χ1n) is 7.74. The van der Waals surface area contributed by atoms with Gasteiger partial charge in [0, 0.05) is 12.7 Å². The molecular weight excluding hydrogens is 356 g/mol. The number of benzene rings is 1. The molecule has 3 rings (SSSR count). The minimum absolute atomic E-state index is 0.155. The van der Waals surface area contributed by atoms with E-state index in [2.05, 4.69) is 21.9 Å². The van der Waals surface area contributed by atoms with E-state index in [1.54, 1.807) is 18.3 Å². The van der Waals surface area contributed by atoms with Crippen molar-refractivity contribution >= 4 is 46.0 Å². The summed E-state index contributed by atoms with van der Waals surface area (Å²) in [4.78, 5) is 21.1. The number of carbonyl (C=O) groups excluding carboxylic acids is 1. The Labute approximate surface area is 155 Å². The first kappa shape index (κ1) is 17.5. The number of hydrogen-bond acceptors (Lipinski definition) is 4. The van der Waals surface area contributed by atoms with Gasteiger partial charge in [-0.15, -0.1) is 6.58 Å². The third-order valence-electron chi connectivity index (χ3n) is 3.60. The molecule has 2 aromatic heterocycles. The Morgan fingerprint density at radius 3 is 2.96 bits per heavy atom. The quantitative estimate of drug-likeness (QED) is 0.396. The fourth-order valence-electron chi connectivity index (χ4n) is 2.37. The summed E-state index contributed by atoms with van der Waals surface area (Å²) in [7, 11) is 0. The largest absolute Gasteiger partial charge is 0.322 e. The SMILES string of the molecule is C=CCn1c(SC(C)C(=O)Nc2cccnc2Cl)nc2ccccc21. The van der Waals surface area contributed by atoms with E-state index in [4.69, 9.17) is 11.6 Å². The molecule has 2 heterocycles. The molecule has 1 atom stereocenters. The van der Waals surface area contributed by atoms with Crippen LogP contribution in [0.1, 0.15) is 6.92 Å². The molecule has 25 heavy (non-hydrogen) atoms. The van der Waals surface area contributed by atoms with Gasteiger partial charge in [0.25, 0.3) is 0 Å². The zero-order valence-corrected chi connectivity index (χ0v) is 15.2. The Balaban J connectivity index is 1.80. The van der Waals surface area contributed by atoms with Gasteiger partial charge in [-0.05, 0) is 31.2 Å². The average molecular weight is 373 g/mol. The van der Waals surface area contributed by atoms with Crippen LogP contribution in [0.2, 0.25) is 5.15 Å². The predicted molar refractivity (Wildman–Crippen MR) is 103 cm³/mol. The first-order chi connectivity index (χ1) is 12.1. The Morgan fingerprint density at radius 2 is 2.20 bits per heavy atom. The molecule has 0 saturated carbocycles. The summed E-state index contributed by atoms with van der Waals surface area (Å²) in [5.74, 6) is -0.155. The van der Waals surface area contributed by atoms with E-state index in [1.807, 2.05) is 41.8 Å². The Morgan fingerprint density at radius 1 is 1.40 bits per heavy atom. The van der Waals surface area contributed by atoms with Gasteiger partial charge in [-0.25, -0.2) is 9.97 Å². The molecule has 0 radical (unpaired) electrons. The molecule has 128 valence electrons. The zero-order valence-electron chi connectivity index (χ0n) is 13.6. The van der Waals surface area contributed by atoms with Gasteiger partial charge in [0.1, 0.15) is 0 Å². The second-order valence-corrected chi connectivity index (χ2v) is 7.04. The Hall–Kier alpha value is -2.31. The van der Waals surface area contributed by atoms with Gasteiger partial charge in [0.05, 0.1) is 22.0 Å². The number of anilines is 1. The van der Waals surface area contributed by atoms with Crippen LogP contribution in [0.3, 0.4) is 0 Å². The number of aromatic nitrogens is 3. The van der Waals surface area contributed by atoms with Crippen LogP contribution in [0.5, 0.6) is 0 Å². The highest BCUT2D eigenvalue weighted by Crippen LogP contribution is 2.28. The van der Waals surface area contributed by atoms with Crippen LogP contribution in [-0.4, -0.2) is 25.7 Å². The number of para-hydroxylation sites is 2. The summed E-state index contributed by atoms with van der Waals surface area (Å²) in [5, 5.41) is 3.50. The van der Waals surface area contributed by atoms with Crippen molar-refractivity contribution in [2.24, 2.45) is 0 Å². The molecule has 5 nitrogen and oxygen atoms in total. The molecule has 1 amide bonds. The Kier molecular flexibility index (Phi) is 5.40. The van der Waals surface area contributed by atoms with Crippen LogP contribution in [-0.2, 0) is 11.3 Å². The van der Waals surface area contributed by atoms with Crippen molar-refractivity contribution in [3.05, 3.63) is 60.4 Å². The third kappa shape index (κ3) is 3.86. The van der Waals surface area contributed by atoms with Crippen molar-refractivity contribution in [2.45, 2.75) is 23.9 Å². The summed E-state index contributed by atoms with van der Waals surface area (Å²) in [6, 6.07) is 11.3. The molecule has 0 bridgehead atoms. The number of amides is 1. The van der Waals surface area contributed by atoms with E-state index in [-0.39, 0.29) is 16.3 Å². The minimum atomic E-state index is -0.350. The minimum Gasteiger partial charge on any atom is -0.322 e. The van der Waals surface area contributed by atoms with Gasteiger partial charge in [0.2, 0.25) is 5.91 Å². The normalized spacial score (nSPS) is 12.1. The van der Waals surface area contributed by atoms with Crippen LogP contribution in [0, 0.1) is 0 Å². The lowest BCUT2D eigenvalue weighted by atomic mass is 10.3. The number of pyridine rings is 1. The van der Waals surface area contributed by atoms with Crippen LogP contribution < -0.4 is 5.32 Å². The summed E-state index contributed by atoms with van der Waals surface area (Å²) in [5.41, 5.74) is 2.42. The highest BCUT2D eigenvalue weighted by atomic mass is 35.5. The molecule has 0 aliphatic carbocycles. The van der Waals surface area contributed by atoms with E-state index in [9.17, 15) is 4.79 Å². The molecule has 7 heteroatoms. The van der Waals surface area contributed by atoms with Crippen molar-refractivity contribution in [3.63, 3.8) is 0 Å². The van der Waals surface area contributed by atoms with Crippen molar-refractivity contribution in [1.82, 2.24) is 14.5 Å². The fourth-order valence-corrected chi connectivity index (χ4v) is 3.47. The highest BCUT2D eigenvalue weighted by Gasteiger charge is 2.20.